The number of Topliss-reactive ketones (excluding diaryl/α,β-unsaturated/α-hetero) is 1. The second kappa shape index (κ2) is 7.02. The number of ketones is 1. The SMILES string of the molecule is NC(=O)[C@@H](NC(=O)c1ccc(C(F)(F)F)cc1)[C@H]1CCCC(=O)C1. The van der Waals surface area contributed by atoms with E-state index in [9.17, 15) is 27.6 Å². The third-order valence-electron chi connectivity index (χ3n) is 4.06. The van der Waals surface area contributed by atoms with E-state index >= 15 is 0 Å². The summed E-state index contributed by atoms with van der Waals surface area (Å²) in [7, 11) is 0. The molecule has 1 saturated carbocycles. The van der Waals surface area contributed by atoms with E-state index in [2.05, 4.69) is 5.32 Å². The minimum absolute atomic E-state index is 0.00118. The summed E-state index contributed by atoms with van der Waals surface area (Å²) < 4.78 is 37.6. The van der Waals surface area contributed by atoms with E-state index in [4.69, 9.17) is 5.73 Å². The molecule has 1 aromatic carbocycles. The van der Waals surface area contributed by atoms with Gasteiger partial charge in [-0.15, -0.1) is 0 Å². The zero-order chi connectivity index (χ0) is 17.9. The van der Waals surface area contributed by atoms with Gasteiger partial charge in [-0.3, -0.25) is 14.4 Å². The Kier molecular flexibility index (Phi) is 5.26. The molecular weight excluding hydrogens is 325 g/mol. The predicted molar refractivity (Wildman–Crippen MR) is 78.9 cm³/mol. The molecule has 5 nitrogen and oxygen atoms in total. The molecule has 1 aliphatic rings. The van der Waals surface area contributed by atoms with Crippen molar-refractivity contribution >= 4 is 17.6 Å². The molecule has 24 heavy (non-hydrogen) atoms. The zero-order valence-corrected chi connectivity index (χ0v) is 12.7. The van der Waals surface area contributed by atoms with Crippen LogP contribution in [-0.2, 0) is 15.8 Å². The van der Waals surface area contributed by atoms with Gasteiger partial charge in [0.1, 0.15) is 11.8 Å². The lowest BCUT2D eigenvalue weighted by Crippen LogP contribution is -2.50. The van der Waals surface area contributed by atoms with Crippen LogP contribution < -0.4 is 11.1 Å². The van der Waals surface area contributed by atoms with Gasteiger partial charge in [-0.1, -0.05) is 0 Å². The van der Waals surface area contributed by atoms with Crippen LogP contribution in [0.15, 0.2) is 24.3 Å². The molecule has 8 heteroatoms. The second-order valence-corrected chi connectivity index (χ2v) is 5.82. The smallest absolute Gasteiger partial charge is 0.368 e. The highest BCUT2D eigenvalue weighted by molar-refractivity contribution is 5.97. The molecule has 0 saturated heterocycles. The number of hydrogen-bond acceptors (Lipinski definition) is 3. The van der Waals surface area contributed by atoms with Gasteiger partial charge in [0.2, 0.25) is 5.91 Å². The molecule has 1 fully saturated rings. The average Bonchev–Trinajstić information content (AvgIpc) is 2.51. The summed E-state index contributed by atoms with van der Waals surface area (Å²) in [6.07, 6.45) is -2.71. The minimum Gasteiger partial charge on any atom is -0.368 e. The van der Waals surface area contributed by atoms with Crippen molar-refractivity contribution < 1.29 is 27.6 Å². The molecule has 2 atom stereocenters. The fourth-order valence-electron chi connectivity index (χ4n) is 2.80. The molecule has 1 aliphatic carbocycles. The van der Waals surface area contributed by atoms with Crippen LogP contribution in [0.1, 0.15) is 41.6 Å². The van der Waals surface area contributed by atoms with Gasteiger partial charge < -0.3 is 11.1 Å². The fourth-order valence-corrected chi connectivity index (χ4v) is 2.80. The maximum atomic E-state index is 12.5. The van der Waals surface area contributed by atoms with Crippen LogP contribution in [0.25, 0.3) is 0 Å². The van der Waals surface area contributed by atoms with Crippen molar-refractivity contribution in [1.82, 2.24) is 5.32 Å². The van der Waals surface area contributed by atoms with E-state index in [-0.39, 0.29) is 23.7 Å². The van der Waals surface area contributed by atoms with Crippen LogP contribution in [0.4, 0.5) is 13.2 Å². The Morgan fingerprint density at radius 3 is 2.33 bits per heavy atom. The number of carbonyl (C=O) groups excluding carboxylic acids is 3. The first kappa shape index (κ1) is 18.0. The number of nitrogens with two attached hydrogens (primary N) is 1. The highest BCUT2D eigenvalue weighted by Gasteiger charge is 2.33. The average molecular weight is 342 g/mol. The fraction of sp³-hybridized carbons (Fsp3) is 0.438. The van der Waals surface area contributed by atoms with Crippen molar-refractivity contribution in [3.05, 3.63) is 35.4 Å². The predicted octanol–water partition coefficient (Wildman–Crippen LogP) is 2.05. The Balaban J connectivity index is 2.10. The minimum atomic E-state index is -4.49. The molecule has 0 aromatic heterocycles. The van der Waals surface area contributed by atoms with Gasteiger partial charge >= 0.3 is 6.18 Å². The lowest BCUT2D eigenvalue weighted by Gasteiger charge is -2.28. The van der Waals surface area contributed by atoms with Crippen LogP contribution >= 0.6 is 0 Å². The summed E-state index contributed by atoms with van der Waals surface area (Å²) in [4.78, 5) is 35.3. The zero-order valence-electron chi connectivity index (χ0n) is 12.7. The number of amides is 2. The van der Waals surface area contributed by atoms with Gasteiger partial charge in [0, 0.05) is 18.4 Å². The maximum Gasteiger partial charge on any atom is 0.416 e. The van der Waals surface area contributed by atoms with E-state index in [1.54, 1.807) is 0 Å². The monoisotopic (exact) mass is 342 g/mol. The van der Waals surface area contributed by atoms with E-state index in [1.807, 2.05) is 0 Å². The van der Waals surface area contributed by atoms with Crippen molar-refractivity contribution in [3.63, 3.8) is 0 Å². The molecule has 0 heterocycles. The van der Waals surface area contributed by atoms with Crippen molar-refractivity contribution in [3.8, 4) is 0 Å². The van der Waals surface area contributed by atoms with Crippen molar-refractivity contribution in [2.24, 2.45) is 11.7 Å². The Labute approximate surface area is 136 Å². The summed E-state index contributed by atoms with van der Waals surface area (Å²) in [6.45, 7) is 0. The first-order chi connectivity index (χ1) is 11.2. The summed E-state index contributed by atoms with van der Waals surface area (Å²) in [5, 5.41) is 2.43. The van der Waals surface area contributed by atoms with Crippen LogP contribution in [0.5, 0.6) is 0 Å². The van der Waals surface area contributed by atoms with Gasteiger partial charge in [-0.05, 0) is 43.0 Å². The third-order valence-corrected chi connectivity index (χ3v) is 4.06. The summed E-state index contributed by atoms with van der Waals surface area (Å²) in [6, 6.07) is 2.62. The molecular formula is C16H17F3N2O3. The largest absolute Gasteiger partial charge is 0.416 e. The third kappa shape index (κ3) is 4.33. The number of halogens is 3. The number of nitrogens with one attached hydrogen (secondary N) is 1. The second-order valence-electron chi connectivity index (χ2n) is 5.82. The molecule has 3 N–H and O–H groups in total. The Hall–Kier alpha value is -2.38. The van der Waals surface area contributed by atoms with Crippen LogP contribution in [0.3, 0.4) is 0 Å². The molecule has 0 unspecified atom stereocenters. The summed E-state index contributed by atoms with van der Waals surface area (Å²) in [5.41, 5.74) is 4.42. The molecule has 0 bridgehead atoms. The van der Waals surface area contributed by atoms with Crippen molar-refractivity contribution in [2.45, 2.75) is 37.9 Å². The number of carbonyl (C=O) groups is 3. The standard InChI is InChI=1S/C16H17F3N2O3/c17-16(18,19)11-6-4-9(5-7-11)15(24)21-13(14(20)23)10-2-1-3-12(22)8-10/h4-7,10,13H,1-3,8H2,(H2,20,23)(H,21,24)/t10-,13-/m0/s1. The normalized spacial score (nSPS) is 19.6. The van der Waals surface area contributed by atoms with Gasteiger partial charge in [0.05, 0.1) is 5.56 Å². The van der Waals surface area contributed by atoms with E-state index in [1.165, 1.54) is 0 Å². The van der Waals surface area contributed by atoms with Crippen LogP contribution in [0.2, 0.25) is 0 Å². The molecule has 0 radical (unpaired) electrons. The van der Waals surface area contributed by atoms with Crippen LogP contribution in [-0.4, -0.2) is 23.6 Å². The van der Waals surface area contributed by atoms with Gasteiger partial charge in [-0.2, -0.15) is 13.2 Å². The first-order valence-electron chi connectivity index (χ1n) is 7.47. The molecule has 2 rings (SSSR count). The highest BCUT2D eigenvalue weighted by atomic mass is 19.4. The van der Waals surface area contributed by atoms with Gasteiger partial charge in [0.25, 0.3) is 5.91 Å². The van der Waals surface area contributed by atoms with Crippen molar-refractivity contribution in [1.29, 1.82) is 0 Å². The number of benzene rings is 1. The molecule has 130 valence electrons. The number of hydrogen-bond donors (Lipinski definition) is 2. The summed E-state index contributed by atoms with van der Waals surface area (Å²) in [5.74, 6) is -1.86. The quantitative estimate of drug-likeness (QED) is 0.877. The maximum absolute atomic E-state index is 12.5. The first-order valence-corrected chi connectivity index (χ1v) is 7.47. The number of alkyl halides is 3. The molecule has 0 spiro atoms. The highest BCUT2D eigenvalue weighted by Crippen LogP contribution is 2.29. The topological polar surface area (TPSA) is 89.3 Å². The molecule has 1 aromatic rings. The lowest BCUT2D eigenvalue weighted by molar-refractivity contribution is -0.137. The van der Waals surface area contributed by atoms with E-state index < -0.39 is 29.6 Å². The lowest BCUT2D eigenvalue weighted by atomic mass is 9.82. The van der Waals surface area contributed by atoms with Crippen molar-refractivity contribution in [2.75, 3.05) is 0 Å². The Bertz CT molecular complexity index is 641. The van der Waals surface area contributed by atoms with Crippen LogP contribution in [0, 0.1) is 5.92 Å². The molecule has 0 aliphatic heterocycles. The molecule has 2 amide bonds. The van der Waals surface area contributed by atoms with E-state index in [0.717, 1.165) is 24.3 Å². The Morgan fingerprint density at radius 1 is 1.21 bits per heavy atom. The summed E-state index contributed by atoms with van der Waals surface area (Å²) >= 11 is 0. The number of primary amides is 1. The van der Waals surface area contributed by atoms with Gasteiger partial charge in [-0.25, -0.2) is 0 Å². The van der Waals surface area contributed by atoms with E-state index in [0.29, 0.717) is 19.3 Å². The Morgan fingerprint density at radius 2 is 1.83 bits per heavy atom. The number of rotatable bonds is 4. The van der Waals surface area contributed by atoms with Gasteiger partial charge in [0.15, 0.2) is 0 Å².